The fourth-order valence-corrected chi connectivity index (χ4v) is 3.30. The maximum absolute atomic E-state index is 12.4. The van der Waals surface area contributed by atoms with Gasteiger partial charge in [-0.3, -0.25) is 0 Å². The van der Waals surface area contributed by atoms with E-state index in [4.69, 9.17) is 10.5 Å². The van der Waals surface area contributed by atoms with E-state index in [2.05, 4.69) is 14.5 Å². The van der Waals surface area contributed by atoms with Crippen molar-refractivity contribution in [2.24, 2.45) is 0 Å². The molecule has 1 unspecified atom stereocenters. The number of ether oxygens (including phenoxy) is 1. The molecule has 0 aliphatic carbocycles. The number of hydrogen-bond acceptors (Lipinski definition) is 5. The first-order valence-electron chi connectivity index (χ1n) is 8.32. The minimum atomic E-state index is -0.483. The van der Waals surface area contributed by atoms with E-state index < -0.39 is 5.60 Å². The number of amides is 1. The van der Waals surface area contributed by atoms with Gasteiger partial charge in [0.2, 0.25) is 0 Å². The van der Waals surface area contributed by atoms with Gasteiger partial charge in [-0.1, -0.05) is 0 Å². The molecule has 1 amide bonds. The van der Waals surface area contributed by atoms with Gasteiger partial charge in [0.15, 0.2) is 0 Å². The Balaban J connectivity index is 1.83. The van der Waals surface area contributed by atoms with Crippen LogP contribution < -0.4 is 5.73 Å². The normalized spacial score (nSPS) is 18.3. The SMILES string of the molecule is Cc1cn(CC2CCCN2C(=O)OC(C)(C)C)c2ncnc(N)c12. The van der Waals surface area contributed by atoms with Crippen LogP contribution in [0.5, 0.6) is 0 Å². The molecule has 0 bridgehead atoms. The third-order valence-corrected chi connectivity index (χ3v) is 4.29. The summed E-state index contributed by atoms with van der Waals surface area (Å²) in [4.78, 5) is 22.7. The number of likely N-dealkylation sites (tertiary alicyclic amines) is 1. The maximum atomic E-state index is 12.4. The molecule has 2 N–H and O–H groups in total. The van der Waals surface area contributed by atoms with E-state index in [9.17, 15) is 4.79 Å². The van der Waals surface area contributed by atoms with Crippen molar-refractivity contribution in [1.82, 2.24) is 19.4 Å². The minimum absolute atomic E-state index is 0.103. The molecule has 3 heterocycles. The molecule has 7 nitrogen and oxygen atoms in total. The van der Waals surface area contributed by atoms with Crippen LogP contribution >= 0.6 is 0 Å². The van der Waals surface area contributed by atoms with Crippen LogP contribution in [0.2, 0.25) is 0 Å². The number of anilines is 1. The van der Waals surface area contributed by atoms with Crippen LogP contribution in [0, 0.1) is 6.92 Å². The maximum Gasteiger partial charge on any atom is 0.410 e. The number of aryl methyl sites for hydroxylation is 1. The van der Waals surface area contributed by atoms with Gasteiger partial charge < -0.3 is 19.9 Å². The zero-order valence-electron chi connectivity index (χ0n) is 14.7. The Labute approximate surface area is 141 Å². The Kier molecular flexibility index (Phi) is 4.11. The summed E-state index contributed by atoms with van der Waals surface area (Å²) in [6.45, 7) is 9.07. The molecule has 1 atom stereocenters. The predicted octanol–water partition coefficient (Wildman–Crippen LogP) is 2.72. The highest BCUT2D eigenvalue weighted by Crippen LogP contribution is 2.27. The summed E-state index contributed by atoms with van der Waals surface area (Å²) >= 11 is 0. The van der Waals surface area contributed by atoms with Gasteiger partial charge in [-0.15, -0.1) is 0 Å². The van der Waals surface area contributed by atoms with E-state index in [1.807, 2.05) is 38.8 Å². The number of nitrogens with zero attached hydrogens (tertiary/aromatic N) is 4. The zero-order chi connectivity index (χ0) is 17.5. The molecule has 1 aliphatic rings. The summed E-state index contributed by atoms with van der Waals surface area (Å²) in [6, 6.07) is 0.103. The predicted molar refractivity (Wildman–Crippen MR) is 92.6 cm³/mol. The van der Waals surface area contributed by atoms with Crippen LogP contribution in [-0.2, 0) is 11.3 Å². The van der Waals surface area contributed by atoms with Crippen molar-refractivity contribution in [3.63, 3.8) is 0 Å². The van der Waals surface area contributed by atoms with Crippen LogP contribution in [0.4, 0.5) is 10.6 Å². The van der Waals surface area contributed by atoms with E-state index in [1.165, 1.54) is 6.33 Å². The van der Waals surface area contributed by atoms with Gasteiger partial charge in [0.1, 0.15) is 23.4 Å². The molecule has 3 rings (SSSR count). The average molecular weight is 331 g/mol. The lowest BCUT2D eigenvalue weighted by Gasteiger charge is -2.28. The Morgan fingerprint density at radius 2 is 2.17 bits per heavy atom. The van der Waals surface area contributed by atoms with E-state index in [0.29, 0.717) is 12.4 Å². The van der Waals surface area contributed by atoms with Crippen LogP contribution in [0.3, 0.4) is 0 Å². The molecule has 0 radical (unpaired) electrons. The van der Waals surface area contributed by atoms with Gasteiger partial charge in [0.25, 0.3) is 0 Å². The number of hydrogen-bond donors (Lipinski definition) is 1. The Hall–Kier alpha value is -2.31. The Morgan fingerprint density at radius 3 is 2.88 bits per heavy atom. The second kappa shape index (κ2) is 5.96. The van der Waals surface area contributed by atoms with Crippen LogP contribution in [0.15, 0.2) is 12.5 Å². The Bertz CT molecular complexity index is 762. The highest BCUT2D eigenvalue weighted by Gasteiger charge is 2.32. The number of rotatable bonds is 2. The van der Waals surface area contributed by atoms with Gasteiger partial charge in [-0.05, 0) is 46.1 Å². The monoisotopic (exact) mass is 331 g/mol. The molecule has 1 fully saturated rings. The lowest BCUT2D eigenvalue weighted by atomic mass is 10.2. The summed E-state index contributed by atoms with van der Waals surface area (Å²) in [5.41, 5.74) is 7.35. The van der Waals surface area contributed by atoms with Crippen molar-refractivity contribution >= 4 is 22.9 Å². The molecular weight excluding hydrogens is 306 g/mol. The highest BCUT2D eigenvalue weighted by molar-refractivity contribution is 5.89. The standard InChI is InChI=1S/C17H25N5O2/c1-11-8-21(15-13(11)14(18)19-10-20-15)9-12-6-5-7-22(12)16(23)24-17(2,3)4/h8,10,12H,5-7,9H2,1-4H3,(H2,18,19,20). The molecule has 0 spiro atoms. The van der Waals surface area contributed by atoms with Crippen molar-refractivity contribution < 1.29 is 9.53 Å². The van der Waals surface area contributed by atoms with Crippen molar-refractivity contribution in [3.8, 4) is 0 Å². The van der Waals surface area contributed by atoms with E-state index in [1.54, 1.807) is 0 Å². The number of carbonyl (C=O) groups is 1. The minimum Gasteiger partial charge on any atom is -0.444 e. The third-order valence-electron chi connectivity index (χ3n) is 4.29. The summed E-state index contributed by atoms with van der Waals surface area (Å²) in [6.07, 6.45) is 5.21. The fourth-order valence-electron chi connectivity index (χ4n) is 3.30. The second-order valence-corrected chi connectivity index (χ2v) is 7.39. The second-order valence-electron chi connectivity index (χ2n) is 7.39. The molecule has 1 aliphatic heterocycles. The fraction of sp³-hybridized carbons (Fsp3) is 0.588. The van der Waals surface area contributed by atoms with Crippen molar-refractivity contribution in [2.75, 3.05) is 12.3 Å². The van der Waals surface area contributed by atoms with Gasteiger partial charge in [0, 0.05) is 19.3 Å². The molecule has 0 saturated carbocycles. The summed E-state index contributed by atoms with van der Waals surface area (Å²) in [7, 11) is 0. The van der Waals surface area contributed by atoms with E-state index in [0.717, 1.165) is 36.0 Å². The molecule has 7 heteroatoms. The Morgan fingerprint density at radius 1 is 1.42 bits per heavy atom. The molecule has 24 heavy (non-hydrogen) atoms. The van der Waals surface area contributed by atoms with Crippen molar-refractivity contribution in [1.29, 1.82) is 0 Å². The molecule has 2 aromatic heterocycles. The lowest BCUT2D eigenvalue weighted by Crippen LogP contribution is -2.41. The quantitative estimate of drug-likeness (QED) is 0.914. The number of nitrogen functional groups attached to an aromatic ring is 1. The lowest BCUT2D eigenvalue weighted by molar-refractivity contribution is 0.0215. The smallest absolute Gasteiger partial charge is 0.410 e. The number of fused-ring (bicyclic) bond motifs is 1. The first-order chi connectivity index (χ1) is 11.3. The summed E-state index contributed by atoms with van der Waals surface area (Å²) in [5.74, 6) is 0.492. The number of nitrogens with two attached hydrogens (primary N) is 1. The first kappa shape index (κ1) is 16.5. The van der Waals surface area contributed by atoms with Crippen molar-refractivity contribution in [3.05, 3.63) is 18.1 Å². The average Bonchev–Trinajstić information content (AvgIpc) is 3.04. The van der Waals surface area contributed by atoms with Crippen LogP contribution in [-0.4, -0.2) is 43.7 Å². The molecule has 0 aromatic carbocycles. The van der Waals surface area contributed by atoms with Crippen LogP contribution in [0.25, 0.3) is 11.0 Å². The van der Waals surface area contributed by atoms with Gasteiger partial charge in [0.05, 0.1) is 11.4 Å². The molecule has 1 saturated heterocycles. The first-order valence-corrected chi connectivity index (χ1v) is 8.32. The topological polar surface area (TPSA) is 86.3 Å². The molecule has 2 aromatic rings. The molecule has 130 valence electrons. The largest absolute Gasteiger partial charge is 0.444 e. The van der Waals surface area contributed by atoms with Gasteiger partial charge in [-0.2, -0.15) is 0 Å². The molecular formula is C17H25N5O2. The number of carbonyl (C=O) groups excluding carboxylic acids is 1. The van der Waals surface area contributed by atoms with Gasteiger partial charge >= 0.3 is 6.09 Å². The van der Waals surface area contributed by atoms with E-state index >= 15 is 0 Å². The van der Waals surface area contributed by atoms with Crippen molar-refractivity contribution in [2.45, 2.75) is 58.7 Å². The van der Waals surface area contributed by atoms with Gasteiger partial charge in [-0.25, -0.2) is 14.8 Å². The number of aromatic nitrogens is 3. The highest BCUT2D eigenvalue weighted by atomic mass is 16.6. The zero-order valence-corrected chi connectivity index (χ0v) is 14.7. The van der Waals surface area contributed by atoms with Crippen LogP contribution in [0.1, 0.15) is 39.2 Å². The summed E-state index contributed by atoms with van der Waals surface area (Å²) < 4.78 is 7.60. The third kappa shape index (κ3) is 3.16. The van der Waals surface area contributed by atoms with E-state index in [-0.39, 0.29) is 12.1 Å². The summed E-state index contributed by atoms with van der Waals surface area (Å²) in [5, 5.41) is 0.888.